The number of benzene rings is 1. The van der Waals surface area contributed by atoms with Crippen LogP contribution in [0.15, 0.2) is 39.7 Å². The van der Waals surface area contributed by atoms with Crippen LogP contribution < -0.4 is 0 Å². The van der Waals surface area contributed by atoms with E-state index >= 15 is 0 Å². The predicted molar refractivity (Wildman–Crippen MR) is 119 cm³/mol. The van der Waals surface area contributed by atoms with Gasteiger partial charge in [0.05, 0.1) is 15.5 Å². The highest BCUT2D eigenvalue weighted by molar-refractivity contribution is 8.18. The van der Waals surface area contributed by atoms with Gasteiger partial charge in [0, 0.05) is 24.7 Å². The van der Waals surface area contributed by atoms with E-state index in [2.05, 4.69) is 0 Å². The molecule has 0 saturated carbocycles. The van der Waals surface area contributed by atoms with Crippen molar-refractivity contribution in [3.63, 3.8) is 0 Å². The summed E-state index contributed by atoms with van der Waals surface area (Å²) in [5, 5.41) is 8.84. The Labute approximate surface area is 192 Å². The fourth-order valence-corrected chi connectivity index (χ4v) is 4.59. The zero-order valence-corrected chi connectivity index (χ0v) is 18.4. The van der Waals surface area contributed by atoms with Crippen molar-refractivity contribution in [3.05, 3.63) is 51.6 Å². The lowest BCUT2D eigenvalue weighted by Gasteiger charge is -2.27. The average Bonchev–Trinajstić information content (AvgIpc) is 3.35. The number of piperidine rings is 1. The molecule has 0 aliphatic carbocycles. The minimum atomic E-state index is -1.16. The molecule has 3 heterocycles. The van der Waals surface area contributed by atoms with Gasteiger partial charge in [0.15, 0.2) is 0 Å². The third-order valence-electron chi connectivity index (χ3n) is 5.26. The number of imide groups is 1. The van der Waals surface area contributed by atoms with Gasteiger partial charge in [-0.15, -0.1) is 0 Å². The Hall–Kier alpha value is -3.04. The van der Waals surface area contributed by atoms with Crippen molar-refractivity contribution < 1.29 is 28.7 Å². The number of likely N-dealkylation sites (tertiary alicyclic amines) is 1. The fraction of sp³-hybridized carbons (Fsp3) is 0.273. The van der Waals surface area contributed by atoms with E-state index in [0.29, 0.717) is 30.2 Å². The minimum Gasteiger partial charge on any atom is -0.478 e. The molecule has 1 aromatic carbocycles. The number of carbonyl (C=O) groups is 4. The Morgan fingerprint density at radius 1 is 1.12 bits per heavy atom. The number of rotatable bonds is 5. The fourth-order valence-electron chi connectivity index (χ4n) is 3.57. The first-order valence-electron chi connectivity index (χ1n) is 9.99. The number of furan rings is 1. The Bertz CT molecular complexity index is 1140. The molecule has 2 fully saturated rings. The number of carboxylic acid groups (broad SMARTS) is 1. The van der Waals surface area contributed by atoms with Crippen LogP contribution in [0, 0.1) is 0 Å². The van der Waals surface area contributed by atoms with Gasteiger partial charge in [0.25, 0.3) is 11.1 Å². The van der Waals surface area contributed by atoms with Crippen molar-refractivity contribution in [1.29, 1.82) is 0 Å². The monoisotopic (exact) mass is 474 g/mol. The molecule has 10 heteroatoms. The molecule has 0 spiro atoms. The maximum atomic E-state index is 12.7. The van der Waals surface area contributed by atoms with Gasteiger partial charge in [-0.25, -0.2) is 4.79 Å². The summed E-state index contributed by atoms with van der Waals surface area (Å²) in [6, 6.07) is 7.72. The first-order valence-corrected chi connectivity index (χ1v) is 11.2. The second-order valence-electron chi connectivity index (χ2n) is 7.41. The van der Waals surface area contributed by atoms with E-state index in [1.165, 1.54) is 18.2 Å². The summed E-state index contributed by atoms with van der Waals surface area (Å²) in [5.74, 6) is -1.22. The molecule has 166 valence electrons. The lowest BCUT2D eigenvalue weighted by Crippen LogP contribution is -2.44. The summed E-state index contributed by atoms with van der Waals surface area (Å²) in [6.07, 6.45) is 4.37. The van der Waals surface area contributed by atoms with Crippen molar-refractivity contribution in [2.24, 2.45) is 0 Å². The zero-order chi connectivity index (χ0) is 22.8. The molecule has 4 rings (SSSR count). The van der Waals surface area contributed by atoms with Gasteiger partial charge in [0.1, 0.15) is 18.1 Å². The van der Waals surface area contributed by atoms with Crippen LogP contribution in [-0.4, -0.2) is 57.6 Å². The van der Waals surface area contributed by atoms with Gasteiger partial charge >= 0.3 is 5.97 Å². The van der Waals surface area contributed by atoms with Gasteiger partial charge in [-0.3, -0.25) is 19.3 Å². The third-order valence-corrected chi connectivity index (χ3v) is 6.49. The highest BCUT2D eigenvalue weighted by Gasteiger charge is 2.37. The number of thioether (sulfide) groups is 1. The van der Waals surface area contributed by atoms with Crippen LogP contribution in [0.1, 0.15) is 35.4 Å². The van der Waals surface area contributed by atoms with Crippen LogP contribution in [0.3, 0.4) is 0 Å². The summed E-state index contributed by atoms with van der Waals surface area (Å²) in [6.45, 7) is 1.02. The molecule has 2 aromatic rings. The Balaban J connectivity index is 1.49. The van der Waals surface area contributed by atoms with E-state index in [9.17, 15) is 24.3 Å². The number of amides is 3. The molecule has 32 heavy (non-hydrogen) atoms. The van der Waals surface area contributed by atoms with Crippen LogP contribution in [-0.2, 0) is 9.59 Å². The lowest BCUT2D eigenvalue weighted by atomic mass is 10.1. The largest absolute Gasteiger partial charge is 0.478 e. The van der Waals surface area contributed by atoms with E-state index in [1.807, 2.05) is 0 Å². The summed E-state index contributed by atoms with van der Waals surface area (Å²) in [4.78, 5) is 51.6. The second kappa shape index (κ2) is 9.22. The standard InChI is InChI=1S/C22H19ClN2O6S/c23-16-6-4-13(10-15(16)21(28)29)17-7-5-14(31-17)11-18-20(27)25(22(30)32-18)12-19(26)24-8-2-1-3-9-24/h4-7,10-11H,1-3,8-9,12H2,(H,28,29)/b18-11+. The van der Waals surface area contributed by atoms with Crippen molar-refractivity contribution in [3.8, 4) is 11.3 Å². The quantitative estimate of drug-likeness (QED) is 0.642. The van der Waals surface area contributed by atoms with E-state index < -0.39 is 17.1 Å². The van der Waals surface area contributed by atoms with E-state index in [4.69, 9.17) is 16.0 Å². The molecule has 0 radical (unpaired) electrons. The number of hydrogen-bond acceptors (Lipinski definition) is 6. The lowest BCUT2D eigenvalue weighted by molar-refractivity contribution is -0.136. The molecule has 2 aliphatic heterocycles. The van der Waals surface area contributed by atoms with Crippen LogP contribution in [0.5, 0.6) is 0 Å². The Morgan fingerprint density at radius 3 is 2.59 bits per heavy atom. The first kappa shape index (κ1) is 22.2. The highest BCUT2D eigenvalue weighted by Crippen LogP contribution is 2.34. The van der Waals surface area contributed by atoms with Gasteiger partial charge in [-0.2, -0.15) is 0 Å². The van der Waals surface area contributed by atoms with Gasteiger partial charge in [0.2, 0.25) is 5.91 Å². The summed E-state index contributed by atoms with van der Waals surface area (Å²) in [5.41, 5.74) is 0.452. The number of halogens is 1. The predicted octanol–water partition coefficient (Wildman–Crippen LogP) is 4.35. The molecule has 0 bridgehead atoms. The van der Waals surface area contributed by atoms with Crippen LogP contribution >= 0.6 is 23.4 Å². The second-order valence-corrected chi connectivity index (χ2v) is 8.81. The Kier molecular flexibility index (Phi) is 6.38. The van der Waals surface area contributed by atoms with Crippen molar-refractivity contribution >= 4 is 52.5 Å². The molecule has 3 amide bonds. The smallest absolute Gasteiger partial charge is 0.337 e. The minimum absolute atomic E-state index is 0.0541. The summed E-state index contributed by atoms with van der Waals surface area (Å²) >= 11 is 6.65. The van der Waals surface area contributed by atoms with E-state index in [1.54, 1.807) is 23.1 Å². The van der Waals surface area contributed by atoms with Gasteiger partial charge in [-0.1, -0.05) is 11.6 Å². The molecule has 0 atom stereocenters. The molecule has 1 N–H and O–H groups in total. The van der Waals surface area contributed by atoms with Crippen molar-refractivity contribution in [1.82, 2.24) is 9.80 Å². The molecule has 1 aromatic heterocycles. The number of hydrogen-bond donors (Lipinski definition) is 1. The molecular formula is C22H19ClN2O6S. The van der Waals surface area contributed by atoms with Crippen LogP contribution in [0.25, 0.3) is 17.4 Å². The number of nitrogens with zero attached hydrogens (tertiary/aromatic N) is 2. The summed E-state index contributed by atoms with van der Waals surface area (Å²) < 4.78 is 5.72. The van der Waals surface area contributed by atoms with Gasteiger partial charge in [-0.05, 0) is 61.4 Å². The third kappa shape index (κ3) is 4.58. The van der Waals surface area contributed by atoms with Crippen LogP contribution in [0.4, 0.5) is 4.79 Å². The SMILES string of the molecule is O=C(O)c1cc(-c2ccc(/C=C3/SC(=O)N(CC(=O)N4CCCCC4)C3=O)o2)ccc1Cl. The van der Waals surface area contributed by atoms with E-state index in [0.717, 1.165) is 35.9 Å². The highest BCUT2D eigenvalue weighted by atomic mass is 35.5. The topological polar surface area (TPSA) is 108 Å². The molecular weight excluding hydrogens is 456 g/mol. The molecule has 2 aliphatic rings. The molecule has 0 unspecified atom stereocenters. The summed E-state index contributed by atoms with van der Waals surface area (Å²) in [7, 11) is 0. The number of carboxylic acids is 1. The Morgan fingerprint density at radius 2 is 1.88 bits per heavy atom. The van der Waals surface area contributed by atoms with Crippen molar-refractivity contribution in [2.75, 3.05) is 19.6 Å². The maximum Gasteiger partial charge on any atom is 0.337 e. The molecule has 8 nitrogen and oxygen atoms in total. The number of carbonyl (C=O) groups excluding carboxylic acids is 3. The van der Waals surface area contributed by atoms with Gasteiger partial charge < -0.3 is 14.4 Å². The van der Waals surface area contributed by atoms with Crippen LogP contribution in [0.2, 0.25) is 5.02 Å². The maximum absolute atomic E-state index is 12.7. The first-order chi connectivity index (χ1) is 15.3. The average molecular weight is 475 g/mol. The molecule has 2 saturated heterocycles. The van der Waals surface area contributed by atoms with Crippen molar-refractivity contribution in [2.45, 2.75) is 19.3 Å². The number of aromatic carboxylic acids is 1. The normalized spacial score (nSPS) is 18.0. The van der Waals surface area contributed by atoms with E-state index in [-0.39, 0.29) is 27.9 Å². The zero-order valence-electron chi connectivity index (χ0n) is 16.9.